The predicted molar refractivity (Wildman–Crippen MR) is 43.9 cm³/mol. The normalized spacial score (nSPS) is 23.2. The molecule has 0 bridgehead atoms. The molecule has 0 saturated carbocycles. The van der Waals surface area contributed by atoms with Gasteiger partial charge in [-0.3, -0.25) is 14.6 Å². The zero-order valence-corrected chi connectivity index (χ0v) is 6.62. The molecule has 66 valence electrons. The molecule has 12 heavy (non-hydrogen) atoms. The van der Waals surface area contributed by atoms with Crippen LogP contribution in [0.15, 0.2) is 10.9 Å². The average molecular weight is 169 g/mol. The molecule has 0 aromatic carbocycles. The topological polar surface area (TPSA) is 73.0 Å². The van der Waals surface area contributed by atoms with Crippen LogP contribution in [0, 0.1) is 0 Å². The fourth-order valence-corrected chi connectivity index (χ4v) is 1.45. The van der Waals surface area contributed by atoms with Crippen molar-refractivity contribution in [1.82, 2.24) is 9.78 Å². The Kier molecular flexibility index (Phi) is 1.65. The molecule has 1 aromatic rings. The van der Waals surface area contributed by atoms with E-state index in [9.17, 15) is 4.79 Å². The molecule has 5 nitrogen and oxygen atoms in total. The number of nitrogen functional groups attached to an aromatic ring is 1. The van der Waals surface area contributed by atoms with Crippen molar-refractivity contribution in [3.8, 4) is 0 Å². The summed E-state index contributed by atoms with van der Waals surface area (Å²) in [6.07, 6.45) is 0.912. The molecule has 1 aliphatic rings. The van der Waals surface area contributed by atoms with Crippen LogP contribution in [0.5, 0.6) is 0 Å². The van der Waals surface area contributed by atoms with Crippen LogP contribution in [-0.4, -0.2) is 23.0 Å². The number of rotatable bonds is 1. The summed E-state index contributed by atoms with van der Waals surface area (Å²) in [6.45, 7) is 1.37. The lowest BCUT2D eigenvalue weighted by molar-refractivity contribution is 0.185. The highest BCUT2D eigenvalue weighted by atomic mass is 16.5. The van der Waals surface area contributed by atoms with E-state index in [2.05, 4.69) is 5.10 Å². The second kappa shape index (κ2) is 2.67. The van der Waals surface area contributed by atoms with E-state index in [1.165, 1.54) is 6.07 Å². The van der Waals surface area contributed by atoms with Gasteiger partial charge in [-0.15, -0.1) is 0 Å². The molecule has 1 unspecified atom stereocenters. The van der Waals surface area contributed by atoms with E-state index in [1.54, 1.807) is 4.68 Å². The summed E-state index contributed by atoms with van der Waals surface area (Å²) in [7, 11) is 0. The van der Waals surface area contributed by atoms with Gasteiger partial charge in [0.1, 0.15) is 5.82 Å². The van der Waals surface area contributed by atoms with Crippen LogP contribution in [0.4, 0.5) is 5.82 Å². The van der Waals surface area contributed by atoms with Gasteiger partial charge >= 0.3 is 0 Å². The third kappa shape index (κ3) is 1.12. The molecule has 5 heteroatoms. The first kappa shape index (κ1) is 7.42. The Morgan fingerprint density at radius 2 is 2.58 bits per heavy atom. The minimum atomic E-state index is -0.153. The van der Waals surface area contributed by atoms with Crippen LogP contribution in [0.1, 0.15) is 12.5 Å². The summed E-state index contributed by atoms with van der Waals surface area (Å²) in [5.74, 6) is 0.482. The molecule has 1 aromatic heterocycles. The van der Waals surface area contributed by atoms with E-state index in [1.807, 2.05) is 0 Å². The first-order valence-corrected chi connectivity index (χ1v) is 3.92. The summed E-state index contributed by atoms with van der Waals surface area (Å²) in [4.78, 5) is 10.9. The second-order valence-electron chi connectivity index (χ2n) is 2.93. The number of aromatic amines is 1. The molecule has 2 heterocycles. The van der Waals surface area contributed by atoms with Crippen LogP contribution in [-0.2, 0) is 4.74 Å². The molecule has 0 amide bonds. The monoisotopic (exact) mass is 169 g/mol. The molecular weight excluding hydrogens is 158 g/mol. The Balaban J connectivity index is 2.31. The number of hydrogen-bond acceptors (Lipinski definition) is 3. The largest absolute Gasteiger partial charge is 0.384 e. The van der Waals surface area contributed by atoms with Crippen molar-refractivity contribution < 1.29 is 4.74 Å². The molecule has 1 saturated heterocycles. The highest BCUT2D eigenvalue weighted by Gasteiger charge is 2.19. The molecule has 0 radical (unpaired) electrons. The third-order valence-electron chi connectivity index (χ3n) is 2.06. The standard InChI is InChI=1S/C7H11N3O2/c8-6-3-7(11)9-10(6)5-1-2-12-4-5/h3,5H,1-2,4,8H2,(H,9,11). The van der Waals surface area contributed by atoms with E-state index in [4.69, 9.17) is 10.5 Å². The zero-order valence-electron chi connectivity index (χ0n) is 6.62. The lowest BCUT2D eigenvalue weighted by Crippen LogP contribution is -2.14. The predicted octanol–water partition coefficient (Wildman–Crippen LogP) is -0.280. The fraction of sp³-hybridized carbons (Fsp3) is 0.571. The van der Waals surface area contributed by atoms with Gasteiger partial charge in [0.05, 0.1) is 12.6 Å². The quantitative estimate of drug-likeness (QED) is 0.607. The SMILES string of the molecule is Nc1cc(=O)[nH]n1C1CCOC1. The Hall–Kier alpha value is -1.23. The van der Waals surface area contributed by atoms with Crippen molar-refractivity contribution in [2.45, 2.75) is 12.5 Å². The van der Waals surface area contributed by atoms with E-state index in [0.717, 1.165) is 13.0 Å². The summed E-state index contributed by atoms with van der Waals surface area (Å²) in [5.41, 5.74) is 5.44. The number of aromatic nitrogens is 2. The van der Waals surface area contributed by atoms with E-state index >= 15 is 0 Å². The Morgan fingerprint density at radius 3 is 3.08 bits per heavy atom. The first-order valence-electron chi connectivity index (χ1n) is 3.92. The van der Waals surface area contributed by atoms with Crippen molar-refractivity contribution in [3.05, 3.63) is 16.4 Å². The summed E-state index contributed by atoms with van der Waals surface area (Å²) in [6, 6.07) is 1.59. The van der Waals surface area contributed by atoms with Crippen molar-refractivity contribution in [2.24, 2.45) is 0 Å². The number of anilines is 1. The van der Waals surface area contributed by atoms with Crippen LogP contribution in [0.3, 0.4) is 0 Å². The van der Waals surface area contributed by atoms with Crippen LogP contribution >= 0.6 is 0 Å². The summed E-state index contributed by atoms with van der Waals surface area (Å²) < 4.78 is 6.85. The molecule has 1 atom stereocenters. The fourth-order valence-electron chi connectivity index (χ4n) is 1.45. The van der Waals surface area contributed by atoms with Crippen molar-refractivity contribution >= 4 is 5.82 Å². The number of nitrogens with zero attached hydrogens (tertiary/aromatic N) is 1. The maximum atomic E-state index is 10.9. The molecule has 0 spiro atoms. The zero-order chi connectivity index (χ0) is 8.55. The minimum absolute atomic E-state index is 0.153. The highest BCUT2D eigenvalue weighted by molar-refractivity contribution is 5.26. The van der Waals surface area contributed by atoms with Gasteiger partial charge in [0.15, 0.2) is 0 Å². The minimum Gasteiger partial charge on any atom is -0.384 e. The van der Waals surface area contributed by atoms with Crippen LogP contribution < -0.4 is 11.3 Å². The first-order chi connectivity index (χ1) is 5.77. The number of H-pyrrole nitrogens is 1. The van der Waals surface area contributed by atoms with Gasteiger partial charge in [0.2, 0.25) is 0 Å². The number of nitrogens with two attached hydrogens (primary N) is 1. The lowest BCUT2D eigenvalue weighted by atomic mass is 10.3. The summed E-state index contributed by atoms with van der Waals surface area (Å²) >= 11 is 0. The molecule has 1 fully saturated rings. The maximum absolute atomic E-state index is 10.9. The molecule has 2 rings (SSSR count). The van der Waals surface area contributed by atoms with Gasteiger partial charge in [-0.25, -0.2) is 0 Å². The smallest absolute Gasteiger partial charge is 0.266 e. The van der Waals surface area contributed by atoms with Gasteiger partial charge in [-0.05, 0) is 6.42 Å². The van der Waals surface area contributed by atoms with Crippen molar-refractivity contribution in [3.63, 3.8) is 0 Å². The number of ether oxygens (including phenoxy) is 1. The van der Waals surface area contributed by atoms with Gasteiger partial charge in [-0.1, -0.05) is 0 Å². The van der Waals surface area contributed by atoms with Gasteiger partial charge in [0, 0.05) is 12.7 Å². The molecule has 0 aliphatic carbocycles. The third-order valence-corrected chi connectivity index (χ3v) is 2.06. The van der Waals surface area contributed by atoms with Gasteiger partial charge in [-0.2, -0.15) is 0 Å². The molecule has 1 aliphatic heterocycles. The van der Waals surface area contributed by atoms with Crippen LogP contribution in [0.2, 0.25) is 0 Å². The lowest BCUT2D eigenvalue weighted by Gasteiger charge is -2.10. The Morgan fingerprint density at radius 1 is 1.75 bits per heavy atom. The number of nitrogens with one attached hydrogen (secondary N) is 1. The van der Waals surface area contributed by atoms with Crippen molar-refractivity contribution in [2.75, 3.05) is 18.9 Å². The van der Waals surface area contributed by atoms with Gasteiger partial charge < -0.3 is 10.5 Å². The van der Waals surface area contributed by atoms with E-state index in [0.29, 0.717) is 12.4 Å². The Labute approximate surface area is 69.1 Å². The molecular formula is C7H11N3O2. The maximum Gasteiger partial charge on any atom is 0.266 e. The second-order valence-corrected chi connectivity index (χ2v) is 2.93. The molecule has 3 N–H and O–H groups in total. The Bertz CT molecular complexity index is 322. The summed E-state index contributed by atoms with van der Waals surface area (Å²) in [5, 5.41) is 2.64. The van der Waals surface area contributed by atoms with Gasteiger partial charge in [0.25, 0.3) is 5.56 Å². The number of hydrogen-bond donors (Lipinski definition) is 2. The average Bonchev–Trinajstić information content (AvgIpc) is 2.58. The van der Waals surface area contributed by atoms with Crippen LogP contribution in [0.25, 0.3) is 0 Å². The van der Waals surface area contributed by atoms with Crippen molar-refractivity contribution in [1.29, 1.82) is 0 Å². The highest BCUT2D eigenvalue weighted by Crippen LogP contribution is 2.19. The van der Waals surface area contributed by atoms with E-state index in [-0.39, 0.29) is 11.6 Å². The van der Waals surface area contributed by atoms with E-state index < -0.39 is 0 Å².